The average Bonchev–Trinajstić information content (AvgIpc) is 1.69. The van der Waals surface area contributed by atoms with Crippen molar-refractivity contribution in [1.29, 1.82) is 0 Å². The van der Waals surface area contributed by atoms with Gasteiger partial charge >= 0.3 is 46.4 Å². The van der Waals surface area contributed by atoms with E-state index in [4.69, 9.17) is 0 Å². The minimum absolute atomic E-state index is 1.69. The Labute approximate surface area is 47.2 Å². The first kappa shape index (κ1) is 7.12. The monoisotopic (exact) mass is 85.1 g/mol. The zero-order chi connectivity index (χ0) is 5.54. The Kier molecular flexibility index (Phi) is 6.23. The summed E-state index contributed by atoms with van der Waals surface area (Å²) in [4.78, 5) is 3.78. The van der Waals surface area contributed by atoms with Crippen LogP contribution in [0.2, 0.25) is 6.82 Å². The number of hydrogen-bond donors (Lipinski definition) is 0. The average molecular weight is 84.1 g/mol. The minimum atomic E-state index is 1.69. The second-order valence-corrected chi connectivity index (χ2v) is 0.984. The summed E-state index contributed by atoms with van der Waals surface area (Å²) in [6.07, 6.45) is 0. The van der Waals surface area contributed by atoms with Gasteiger partial charge in [-0.3, -0.25) is 0 Å². The van der Waals surface area contributed by atoms with Crippen LogP contribution in [0.25, 0.3) is 0 Å². The van der Waals surface area contributed by atoms with Gasteiger partial charge in [-0.15, -0.1) is 0 Å². The third-order valence-corrected chi connectivity index (χ3v) is 0.457. The summed E-state index contributed by atoms with van der Waals surface area (Å²) in [5.74, 6) is 0. The van der Waals surface area contributed by atoms with Gasteiger partial charge in [-0.1, -0.05) is 0 Å². The van der Waals surface area contributed by atoms with E-state index in [2.05, 4.69) is 12.2 Å². The second kappa shape index (κ2) is 6.12. The molecule has 0 aromatic heterocycles. The Morgan fingerprint density at radius 1 is 1.57 bits per heavy atom. The van der Waals surface area contributed by atoms with E-state index in [0.29, 0.717) is 0 Å². The van der Waals surface area contributed by atoms with Crippen LogP contribution in [0, 0.1) is 0 Å². The van der Waals surface area contributed by atoms with Gasteiger partial charge in [0.2, 0.25) is 0 Å². The summed E-state index contributed by atoms with van der Waals surface area (Å²) >= 11 is 0. The van der Waals surface area contributed by atoms with E-state index in [9.17, 15) is 0 Å². The van der Waals surface area contributed by atoms with E-state index in [1.807, 2.05) is 6.82 Å². The first-order valence-electron chi connectivity index (χ1n) is 2.17. The van der Waals surface area contributed by atoms with Gasteiger partial charge in [-0.05, 0) is 0 Å². The molecular weight excluding hydrogens is 80.1 g/mol. The molecule has 0 aliphatic rings. The Balaban J connectivity index is 3.27. The molecule has 0 amide bonds. The molecule has 0 N–H and O–H groups in total. The molecule has 0 aliphatic carbocycles. The summed E-state index contributed by atoms with van der Waals surface area (Å²) in [5.41, 5.74) is 0. The standard InChI is InChI=1S/CH4B5N/c1-3-7-6-5-4-2/h2H,1H3. The first-order chi connectivity index (χ1) is 3.41. The molecule has 28 valence electrons. The second-order valence-electron chi connectivity index (χ2n) is 0.984. The SMILES string of the molecule is B=BB=BN=BC. The van der Waals surface area contributed by atoms with E-state index in [0.717, 1.165) is 0 Å². The van der Waals surface area contributed by atoms with Crippen molar-refractivity contribution in [2.24, 2.45) is 4.81 Å². The Bertz CT molecular complexity index is 94.3. The van der Waals surface area contributed by atoms with Gasteiger partial charge in [-0.25, -0.2) is 0 Å². The molecule has 0 saturated carbocycles. The predicted molar refractivity (Wildman–Crippen MR) is 38.5 cm³/mol. The van der Waals surface area contributed by atoms with Crippen LogP contribution in [0.1, 0.15) is 0 Å². The van der Waals surface area contributed by atoms with Crippen LogP contribution in [-0.2, 0) is 0 Å². The van der Waals surface area contributed by atoms with Crippen molar-refractivity contribution in [3.63, 3.8) is 0 Å². The number of rotatable bonds is 2. The van der Waals surface area contributed by atoms with E-state index in [1.54, 1.807) is 27.4 Å². The maximum atomic E-state index is 3.78. The Morgan fingerprint density at radius 3 is 2.71 bits per heavy atom. The van der Waals surface area contributed by atoms with Crippen LogP contribution >= 0.6 is 0 Å². The normalized spacial score (nSPS) is 6.86. The fraction of sp³-hybridized carbons (Fsp3) is 1.00. The molecular formula is CH4B5N. The van der Waals surface area contributed by atoms with E-state index in [1.165, 1.54) is 0 Å². The first-order valence-corrected chi connectivity index (χ1v) is 2.17. The molecule has 0 unspecified atom stereocenters. The van der Waals surface area contributed by atoms with Gasteiger partial charge in [0.15, 0.2) is 0 Å². The van der Waals surface area contributed by atoms with E-state index < -0.39 is 0 Å². The van der Waals surface area contributed by atoms with Gasteiger partial charge < -0.3 is 0 Å². The van der Waals surface area contributed by atoms with Crippen molar-refractivity contribution in [2.75, 3.05) is 0 Å². The third-order valence-electron chi connectivity index (χ3n) is 0.457. The van der Waals surface area contributed by atoms with Gasteiger partial charge in [0, 0.05) is 0 Å². The van der Waals surface area contributed by atoms with Crippen molar-refractivity contribution in [2.45, 2.75) is 6.82 Å². The van der Waals surface area contributed by atoms with Crippen molar-refractivity contribution < 1.29 is 0 Å². The molecule has 0 aromatic carbocycles. The van der Waals surface area contributed by atoms with E-state index in [-0.39, 0.29) is 0 Å². The van der Waals surface area contributed by atoms with Crippen LogP contribution in [0.5, 0.6) is 0 Å². The Hall–Kier alpha value is 0.125. The van der Waals surface area contributed by atoms with Crippen molar-refractivity contribution in [3.05, 3.63) is 0 Å². The van der Waals surface area contributed by atoms with Crippen LogP contribution < -0.4 is 0 Å². The summed E-state index contributed by atoms with van der Waals surface area (Å²) in [6, 6.07) is 0. The molecule has 0 radical (unpaired) electrons. The van der Waals surface area contributed by atoms with Crippen LogP contribution in [-0.4, -0.2) is 34.8 Å². The topological polar surface area (TPSA) is 12.4 Å². The molecule has 1 nitrogen and oxygen atoms in total. The molecule has 0 saturated heterocycles. The van der Waals surface area contributed by atoms with Gasteiger partial charge in [0.1, 0.15) is 0 Å². The number of hydrogen-bond acceptors (Lipinski definition) is 1. The van der Waals surface area contributed by atoms with Crippen LogP contribution in [0.15, 0.2) is 4.81 Å². The van der Waals surface area contributed by atoms with Gasteiger partial charge in [0.05, 0.1) is 0 Å². The molecule has 0 atom stereocenters. The fourth-order valence-corrected chi connectivity index (χ4v) is 0.197. The van der Waals surface area contributed by atoms with Crippen molar-refractivity contribution >= 4 is 34.8 Å². The van der Waals surface area contributed by atoms with Crippen molar-refractivity contribution in [3.8, 4) is 0 Å². The fourth-order valence-electron chi connectivity index (χ4n) is 0.197. The third kappa shape index (κ3) is 6.12. The molecule has 0 aromatic rings. The molecule has 0 spiro atoms. The molecule has 0 aliphatic heterocycles. The molecule has 7 heavy (non-hydrogen) atoms. The molecule has 0 heterocycles. The summed E-state index contributed by atoms with van der Waals surface area (Å²) in [6.45, 7) is 7.02. The summed E-state index contributed by atoms with van der Waals surface area (Å²) in [7, 11) is 5.19. The zero-order valence-electron chi connectivity index (χ0n) is 4.46. The van der Waals surface area contributed by atoms with E-state index >= 15 is 0 Å². The van der Waals surface area contributed by atoms with Crippen LogP contribution in [0.4, 0.5) is 0 Å². The predicted octanol–water partition coefficient (Wildman–Crippen LogP) is -1.40. The maximum absolute atomic E-state index is 3.78. The number of nitrogens with zero attached hydrogens (tertiary/aromatic N) is 1. The molecule has 0 rings (SSSR count). The van der Waals surface area contributed by atoms with Gasteiger partial charge in [0.25, 0.3) is 0 Å². The quantitative estimate of drug-likeness (QED) is 0.365. The summed E-state index contributed by atoms with van der Waals surface area (Å²) < 4.78 is 0. The summed E-state index contributed by atoms with van der Waals surface area (Å²) in [5, 5.41) is 0. The van der Waals surface area contributed by atoms with Gasteiger partial charge in [-0.2, -0.15) is 0 Å². The Morgan fingerprint density at radius 2 is 2.29 bits per heavy atom. The molecule has 6 heteroatoms. The van der Waals surface area contributed by atoms with Crippen molar-refractivity contribution in [1.82, 2.24) is 0 Å². The molecule has 0 bridgehead atoms. The zero-order valence-corrected chi connectivity index (χ0v) is 4.46. The molecule has 0 fully saturated rings. The van der Waals surface area contributed by atoms with Crippen LogP contribution in [0.3, 0.4) is 0 Å².